The maximum absolute atomic E-state index is 9.62. The summed E-state index contributed by atoms with van der Waals surface area (Å²) in [4.78, 5) is 17.6. The molecule has 6 heavy (non-hydrogen) atoms. The molecule has 0 fully saturated rings. The van der Waals surface area contributed by atoms with E-state index in [1.807, 2.05) is 6.79 Å². The van der Waals surface area contributed by atoms with Gasteiger partial charge in [-0.1, -0.05) is 0 Å². The van der Waals surface area contributed by atoms with Crippen LogP contribution >= 0.6 is 0 Å². The predicted molar refractivity (Wildman–Crippen MR) is 23.5 cm³/mol. The van der Waals surface area contributed by atoms with E-state index in [1.54, 1.807) is 0 Å². The van der Waals surface area contributed by atoms with E-state index in [1.165, 1.54) is 6.92 Å². The Hall–Kier alpha value is -0.660. The van der Waals surface area contributed by atoms with Crippen LogP contribution in [0.25, 0.3) is 0 Å². The number of rotatable bonds is 0. The highest BCUT2D eigenvalue weighted by atomic mass is 16.1. The first kappa shape index (κ1) is 5.34. The van der Waals surface area contributed by atoms with Gasteiger partial charge in [0.05, 0.1) is 0 Å². The summed E-state index contributed by atoms with van der Waals surface area (Å²) in [5.74, 6) is -0.0787. The number of carbonyl (C=O) groups is 2. The molecule has 0 aliphatic carbocycles. The van der Waals surface area contributed by atoms with Gasteiger partial charge in [0.1, 0.15) is 12.6 Å². The van der Waals surface area contributed by atoms with Crippen molar-refractivity contribution in [2.45, 2.75) is 13.8 Å². The highest BCUT2D eigenvalue weighted by Crippen LogP contribution is 1.50. The Morgan fingerprint density at radius 2 is 2.00 bits per heavy atom. The average molecular weight is 90.1 g/mol. The van der Waals surface area contributed by atoms with Gasteiger partial charge in [-0.2, -0.15) is 0 Å². The van der Waals surface area contributed by atoms with Gasteiger partial charge >= 0.3 is 0 Å². The van der Waals surface area contributed by atoms with Crippen molar-refractivity contribution in [1.82, 2.24) is 0 Å². The number of Topliss-reactive ketones (excluding diaryl/α,β-unsaturated/α-hetero) is 1. The van der Waals surface area contributed by atoms with E-state index in [2.05, 4.69) is 0 Å². The highest BCUT2D eigenvalue weighted by molar-refractivity contribution is 5.72. The van der Waals surface area contributed by atoms with E-state index < -0.39 is 0 Å². The Balaban J connectivity index is 0. The number of hydrogen-bond donors (Lipinski definition) is 0. The van der Waals surface area contributed by atoms with Gasteiger partial charge in [0.25, 0.3) is 0 Å². The normalized spacial score (nSPS) is 7.17. The maximum atomic E-state index is 9.62. The second kappa shape index (κ2) is 8.84. The molecule has 0 aromatic heterocycles. The predicted octanol–water partition coefficient (Wildman–Crippen LogP) is 0.410. The molecular weight excluding hydrogens is 80.0 g/mol. The molecule has 0 saturated carbocycles. The lowest BCUT2D eigenvalue weighted by molar-refractivity contribution is -0.115. The lowest BCUT2D eigenvalue weighted by atomic mass is 10.6. The van der Waals surface area contributed by atoms with Crippen molar-refractivity contribution in [3.63, 3.8) is 0 Å². The van der Waals surface area contributed by atoms with E-state index in [9.17, 15) is 4.79 Å². The zero-order valence-corrected chi connectivity index (χ0v) is 3.73. The van der Waals surface area contributed by atoms with Crippen molar-refractivity contribution < 1.29 is 11.0 Å². The van der Waals surface area contributed by atoms with Crippen LogP contribution in [0.3, 0.4) is 0 Å². The molecule has 0 aliphatic heterocycles. The second-order valence-corrected chi connectivity index (χ2v) is 0.702. The van der Waals surface area contributed by atoms with Crippen molar-refractivity contribution in [3.8, 4) is 0 Å². The third-order valence-electron chi connectivity index (χ3n) is 0. The molecule has 0 rings (SSSR count). The van der Waals surface area contributed by atoms with E-state index in [4.69, 9.17) is 6.17 Å². The van der Waals surface area contributed by atoms with Gasteiger partial charge in [0, 0.05) is 1.37 Å². The Labute approximate surface area is 38.6 Å². The zero-order chi connectivity index (χ0) is 6.28. The van der Waals surface area contributed by atoms with E-state index in [0.29, 0.717) is 0 Å². The molecule has 0 aromatic rings. The Morgan fingerprint density at radius 1 is 1.83 bits per heavy atom. The average Bonchev–Trinajstić information content (AvgIpc) is 1.73. The molecule has 0 atom stereocenters. The van der Waals surface area contributed by atoms with Gasteiger partial charge in [0.2, 0.25) is 0 Å². The molecule has 0 heterocycles. The summed E-state index contributed by atoms with van der Waals surface area (Å²) in [5, 5.41) is 0. The highest BCUT2D eigenvalue weighted by Gasteiger charge is 1.62. The van der Waals surface area contributed by atoms with Gasteiger partial charge in [-0.05, 0) is 13.8 Å². The fraction of sp³-hybridized carbons (Fsp3) is 0.500. The topological polar surface area (TPSA) is 34.1 Å². The third-order valence-corrected chi connectivity index (χ3v) is 0. The molecule has 0 N–H and O–H groups in total. The number of hydrogen-bond acceptors (Lipinski definition) is 2. The third kappa shape index (κ3) is 42.0. The molecule has 0 saturated heterocycles. The number of ketones is 1. The lowest BCUT2D eigenvalue weighted by Crippen LogP contribution is -1.69. The molecule has 2 heteroatoms. The van der Waals surface area contributed by atoms with Crippen LogP contribution < -0.4 is 0 Å². The summed E-state index contributed by atoms with van der Waals surface area (Å²) in [6, 6.07) is 0. The summed E-state index contributed by atoms with van der Waals surface area (Å²) < 4.78 is 6.31. The largest absolute Gasteiger partial charge is 0.307 e. The van der Waals surface area contributed by atoms with Crippen LogP contribution in [0.1, 0.15) is 15.2 Å². The summed E-state index contributed by atoms with van der Waals surface area (Å²) in [7, 11) is 0. The zero-order valence-electron chi connectivity index (χ0n) is 4.73. The van der Waals surface area contributed by atoms with Crippen molar-refractivity contribution >= 4 is 12.6 Å². The standard InChI is InChI=1S/C3H6O.CH2O/c1-3(2)4;1-2/h1-2H3;1H2/i1T;. The molecule has 0 aromatic carbocycles. The van der Waals surface area contributed by atoms with Crippen LogP contribution in [0, 0.1) is 0 Å². The fourth-order valence-corrected chi connectivity index (χ4v) is 0. The van der Waals surface area contributed by atoms with Gasteiger partial charge < -0.3 is 9.59 Å². The first-order chi connectivity index (χ1) is 3.27. The summed E-state index contributed by atoms with van der Waals surface area (Å²) >= 11 is 0. The van der Waals surface area contributed by atoms with Crippen molar-refractivity contribution in [2.75, 3.05) is 0 Å². The molecular formula is C4H8O2. The van der Waals surface area contributed by atoms with Crippen molar-refractivity contribution in [3.05, 3.63) is 0 Å². The molecule has 0 aliphatic rings. The first-order valence-corrected chi connectivity index (χ1v) is 1.35. The summed E-state index contributed by atoms with van der Waals surface area (Å²) in [6.45, 7) is 3.31. The lowest BCUT2D eigenvalue weighted by Gasteiger charge is -1.56. The second-order valence-electron chi connectivity index (χ2n) is 0.702. The minimum atomic E-state index is -0.0833. The van der Waals surface area contributed by atoms with E-state index >= 15 is 0 Å². The van der Waals surface area contributed by atoms with Gasteiger partial charge in [-0.25, -0.2) is 0 Å². The fourth-order valence-electron chi connectivity index (χ4n) is 0. The molecule has 2 nitrogen and oxygen atoms in total. The van der Waals surface area contributed by atoms with Gasteiger partial charge in [-0.15, -0.1) is 0 Å². The van der Waals surface area contributed by atoms with Crippen LogP contribution in [-0.4, -0.2) is 12.6 Å². The van der Waals surface area contributed by atoms with Crippen LogP contribution in [0.2, 0.25) is 0 Å². The first-order valence-electron chi connectivity index (χ1n) is 2.05. The van der Waals surface area contributed by atoms with E-state index in [-0.39, 0.29) is 12.7 Å². The summed E-state index contributed by atoms with van der Waals surface area (Å²) in [6.07, 6.45) is 0. The van der Waals surface area contributed by atoms with Crippen molar-refractivity contribution in [2.24, 2.45) is 0 Å². The molecule has 0 amide bonds. The SMILES string of the molecule is C=O.[3H]CC(C)=O. The van der Waals surface area contributed by atoms with Crippen LogP contribution in [0.4, 0.5) is 0 Å². The Morgan fingerprint density at radius 3 is 2.00 bits per heavy atom. The minimum Gasteiger partial charge on any atom is -0.307 e. The molecule has 0 bridgehead atoms. The van der Waals surface area contributed by atoms with Crippen LogP contribution in [-0.2, 0) is 9.59 Å². The van der Waals surface area contributed by atoms with E-state index in [0.717, 1.165) is 0 Å². The monoisotopic (exact) mass is 90.1 g/mol. The maximum Gasteiger partial charge on any atom is 0.126 e. The van der Waals surface area contributed by atoms with Crippen LogP contribution in [0.5, 0.6) is 0 Å². The van der Waals surface area contributed by atoms with Crippen LogP contribution in [0.15, 0.2) is 0 Å². The summed E-state index contributed by atoms with van der Waals surface area (Å²) in [5.41, 5.74) is 0. The van der Waals surface area contributed by atoms with Gasteiger partial charge in [0.15, 0.2) is 0 Å². The quantitative estimate of drug-likeness (QED) is 0.431. The Kier molecular flexibility index (Phi) is 7.87. The van der Waals surface area contributed by atoms with Gasteiger partial charge in [-0.3, -0.25) is 0 Å². The minimum absolute atomic E-state index is 0.0787. The molecule has 0 unspecified atom stereocenters. The molecule has 0 radical (unpaired) electrons. The smallest absolute Gasteiger partial charge is 0.126 e. The Bertz CT molecular complexity index is 53.7. The number of carbonyl (C=O) groups excluding carboxylic acids is 2. The molecule has 36 valence electrons. The molecule has 0 spiro atoms. The van der Waals surface area contributed by atoms with Crippen molar-refractivity contribution in [1.29, 1.82) is 0 Å².